The lowest BCUT2D eigenvalue weighted by Crippen LogP contribution is -2.09. The van der Waals surface area contributed by atoms with Crippen LogP contribution < -0.4 is 0 Å². The average Bonchev–Trinajstić information content (AvgIpc) is 2.83. The van der Waals surface area contributed by atoms with Crippen LogP contribution >= 0.6 is 0 Å². The average molecular weight is 294 g/mol. The molecule has 1 aromatic heterocycles. The molecule has 0 amide bonds. The zero-order chi connectivity index (χ0) is 15.7. The van der Waals surface area contributed by atoms with Gasteiger partial charge in [-0.2, -0.15) is 0 Å². The summed E-state index contributed by atoms with van der Waals surface area (Å²) < 4.78 is 10.2. The van der Waals surface area contributed by atoms with E-state index in [-0.39, 0.29) is 36.8 Å². The van der Waals surface area contributed by atoms with Gasteiger partial charge in [0, 0.05) is 32.8 Å². The minimum absolute atomic E-state index is 0.0502. The summed E-state index contributed by atoms with van der Waals surface area (Å²) in [5.41, 5.74) is 0. The van der Waals surface area contributed by atoms with Crippen molar-refractivity contribution in [2.24, 2.45) is 0 Å². The van der Waals surface area contributed by atoms with E-state index in [1.54, 1.807) is 6.07 Å². The summed E-state index contributed by atoms with van der Waals surface area (Å²) in [5.74, 6) is 1.54. The van der Waals surface area contributed by atoms with Crippen molar-refractivity contribution in [3.8, 4) is 0 Å². The number of carbonyl (C=O) groups excluding carboxylic acids is 3. The number of rotatable bonds is 11. The number of carbonyl (C=O) groups is 3. The molecule has 21 heavy (non-hydrogen) atoms. The zero-order valence-corrected chi connectivity index (χ0v) is 12.6. The largest absolute Gasteiger partial charge is 0.466 e. The Hall–Kier alpha value is -1.75. The number of hydrogen-bond donors (Lipinski definition) is 0. The predicted octanol–water partition coefficient (Wildman–Crippen LogP) is 2.30. The Morgan fingerprint density at radius 3 is 2.38 bits per heavy atom. The predicted molar refractivity (Wildman–Crippen MR) is 77.2 cm³/mol. The number of ether oxygens (including phenoxy) is 1. The number of furan rings is 1. The van der Waals surface area contributed by atoms with Gasteiger partial charge in [0.05, 0.1) is 6.42 Å². The lowest BCUT2D eigenvalue weighted by Gasteiger charge is -2.00. The molecule has 0 atom stereocenters. The molecule has 0 aliphatic heterocycles. The van der Waals surface area contributed by atoms with Crippen LogP contribution in [-0.2, 0) is 32.0 Å². The van der Waals surface area contributed by atoms with E-state index in [1.807, 2.05) is 6.07 Å². The minimum atomic E-state index is -0.0502. The van der Waals surface area contributed by atoms with E-state index >= 15 is 0 Å². The number of aryl methyl sites for hydroxylation is 1. The number of ketones is 3. The van der Waals surface area contributed by atoms with Gasteiger partial charge >= 0.3 is 0 Å². The summed E-state index contributed by atoms with van der Waals surface area (Å²) in [6.45, 7) is 1.59. The molecule has 1 heterocycles. The summed E-state index contributed by atoms with van der Waals surface area (Å²) in [6, 6.07) is 3.63. The van der Waals surface area contributed by atoms with Gasteiger partial charge in [0.25, 0.3) is 0 Å². The molecule has 0 aromatic carbocycles. The van der Waals surface area contributed by atoms with Crippen LogP contribution in [0.2, 0.25) is 0 Å². The van der Waals surface area contributed by atoms with Gasteiger partial charge in [-0.1, -0.05) is 0 Å². The molecular formula is C16H22O5. The Morgan fingerprint density at radius 1 is 1.05 bits per heavy atom. The van der Waals surface area contributed by atoms with E-state index in [4.69, 9.17) is 9.15 Å². The van der Waals surface area contributed by atoms with Crippen LogP contribution in [0.3, 0.4) is 0 Å². The first-order valence-corrected chi connectivity index (χ1v) is 7.10. The molecule has 0 unspecified atom stereocenters. The van der Waals surface area contributed by atoms with Crippen LogP contribution in [0.25, 0.3) is 0 Å². The minimum Gasteiger partial charge on any atom is -0.466 e. The Bertz CT molecular complexity index is 487. The summed E-state index contributed by atoms with van der Waals surface area (Å²) in [7, 11) is 1.46. The van der Waals surface area contributed by atoms with Gasteiger partial charge in [-0.3, -0.25) is 14.4 Å². The lowest BCUT2D eigenvalue weighted by molar-refractivity contribution is -0.126. The summed E-state index contributed by atoms with van der Waals surface area (Å²) in [4.78, 5) is 33.8. The lowest BCUT2D eigenvalue weighted by atomic mass is 10.1. The smallest absolute Gasteiger partial charge is 0.158 e. The fraction of sp³-hybridized carbons (Fsp3) is 0.562. The zero-order valence-electron chi connectivity index (χ0n) is 12.6. The highest BCUT2D eigenvalue weighted by molar-refractivity contribution is 5.86. The van der Waals surface area contributed by atoms with E-state index in [1.165, 1.54) is 14.0 Å². The Balaban J connectivity index is 2.20. The summed E-state index contributed by atoms with van der Waals surface area (Å²) in [5, 5.41) is 0. The van der Waals surface area contributed by atoms with Crippen molar-refractivity contribution in [2.75, 3.05) is 13.7 Å². The van der Waals surface area contributed by atoms with Gasteiger partial charge in [-0.05, 0) is 25.5 Å². The number of methoxy groups -OCH3 is 1. The molecule has 1 aromatic rings. The van der Waals surface area contributed by atoms with E-state index in [0.717, 1.165) is 5.76 Å². The maximum atomic E-state index is 11.6. The van der Waals surface area contributed by atoms with Gasteiger partial charge < -0.3 is 9.15 Å². The SMILES string of the molecule is COCC(=O)CCC(=O)CCCc1ccc(CC(C)=O)o1. The Morgan fingerprint density at radius 2 is 1.71 bits per heavy atom. The van der Waals surface area contributed by atoms with Crippen molar-refractivity contribution in [2.45, 2.75) is 45.4 Å². The molecule has 0 saturated carbocycles. The van der Waals surface area contributed by atoms with Crippen LogP contribution in [0.5, 0.6) is 0 Å². The third kappa shape index (κ3) is 7.56. The highest BCUT2D eigenvalue weighted by atomic mass is 16.5. The van der Waals surface area contributed by atoms with Crippen molar-refractivity contribution in [1.82, 2.24) is 0 Å². The molecule has 0 radical (unpaired) electrons. The van der Waals surface area contributed by atoms with E-state index in [0.29, 0.717) is 31.4 Å². The number of Topliss-reactive ketones (excluding diaryl/α,β-unsaturated/α-hetero) is 3. The van der Waals surface area contributed by atoms with Crippen molar-refractivity contribution in [1.29, 1.82) is 0 Å². The molecule has 0 saturated heterocycles. The van der Waals surface area contributed by atoms with Gasteiger partial charge in [0.1, 0.15) is 29.7 Å². The van der Waals surface area contributed by atoms with Gasteiger partial charge in [0.15, 0.2) is 5.78 Å². The first-order chi connectivity index (χ1) is 10.0. The molecule has 116 valence electrons. The van der Waals surface area contributed by atoms with Crippen molar-refractivity contribution >= 4 is 17.3 Å². The third-order valence-corrected chi connectivity index (χ3v) is 3.01. The molecule has 0 bridgehead atoms. The highest BCUT2D eigenvalue weighted by Crippen LogP contribution is 2.12. The fourth-order valence-electron chi connectivity index (χ4n) is 1.99. The highest BCUT2D eigenvalue weighted by Gasteiger charge is 2.08. The van der Waals surface area contributed by atoms with Crippen molar-refractivity contribution < 1.29 is 23.5 Å². The van der Waals surface area contributed by atoms with Crippen molar-refractivity contribution in [3.05, 3.63) is 23.7 Å². The molecule has 5 nitrogen and oxygen atoms in total. The molecule has 0 fully saturated rings. The first kappa shape index (κ1) is 17.3. The number of hydrogen-bond acceptors (Lipinski definition) is 5. The third-order valence-electron chi connectivity index (χ3n) is 3.01. The maximum absolute atomic E-state index is 11.6. The van der Waals surface area contributed by atoms with Crippen LogP contribution in [0, 0.1) is 0 Å². The molecule has 1 rings (SSSR count). The second kappa shape index (κ2) is 9.23. The fourth-order valence-corrected chi connectivity index (χ4v) is 1.99. The van der Waals surface area contributed by atoms with E-state index < -0.39 is 0 Å². The molecule has 0 N–H and O–H groups in total. The Kier molecular flexibility index (Phi) is 7.61. The summed E-state index contributed by atoms with van der Waals surface area (Å²) in [6.07, 6.45) is 2.61. The van der Waals surface area contributed by atoms with Crippen LogP contribution in [0.15, 0.2) is 16.5 Å². The van der Waals surface area contributed by atoms with Gasteiger partial charge in [0.2, 0.25) is 0 Å². The molecular weight excluding hydrogens is 272 g/mol. The Labute approximate surface area is 124 Å². The quantitative estimate of drug-likeness (QED) is 0.626. The molecule has 0 aliphatic rings. The van der Waals surface area contributed by atoms with Gasteiger partial charge in [-0.25, -0.2) is 0 Å². The van der Waals surface area contributed by atoms with E-state index in [9.17, 15) is 14.4 Å². The van der Waals surface area contributed by atoms with Crippen LogP contribution in [0.4, 0.5) is 0 Å². The second-order valence-electron chi connectivity index (χ2n) is 5.11. The van der Waals surface area contributed by atoms with Crippen LogP contribution in [0.1, 0.15) is 44.1 Å². The standard InChI is InChI=1S/C16H22O5/c1-12(17)10-16-9-8-15(21-16)5-3-4-13(18)6-7-14(19)11-20-2/h8-9H,3-7,10-11H2,1-2H3. The van der Waals surface area contributed by atoms with E-state index in [2.05, 4.69) is 0 Å². The summed E-state index contributed by atoms with van der Waals surface area (Å²) >= 11 is 0. The molecule has 0 aliphatic carbocycles. The van der Waals surface area contributed by atoms with Crippen molar-refractivity contribution in [3.63, 3.8) is 0 Å². The van der Waals surface area contributed by atoms with Crippen LogP contribution in [-0.4, -0.2) is 31.1 Å². The first-order valence-electron chi connectivity index (χ1n) is 7.10. The monoisotopic (exact) mass is 294 g/mol. The molecule has 5 heteroatoms. The molecule has 0 spiro atoms. The second-order valence-corrected chi connectivity index (χ2v) is 5.11. The maximum Gasteiger partial charge on any atom is 0.158 e. The van der Waals surface area contributed by atoms with Gasteiger partial charge in [-0.15, -0.1) is 0 Å². The topological polar surface area (TPSA) is 73.6 Å². The normalized spacial score (nSPS) is 10.6.